The minimum absolute atomic E-state index is 0.795. The summed E-state index contributed by atoms with van der Waals surface area (Å²) in [6.45, 7) is 10.5. The molecule has 0 spiro atoms. The van der Waals surface area contributed by atoms with Crippen molar-refractivity contribution in [1.29, 1.82) is 0 Å². The topological polar surface area (TPSA) is 66.6 Å². The molecule has 0 saturated heterocycles. The van der Waals surface area contributed by atoms with Gasteiger partial charge in [-0.3, -0.25) is 0 Å². The molecule has 6 heteroatoms. The van der Waals surface area contributed by atoms with Crippen LogP contribution >= 0.6 is 0 Å². The standard InChI is InChI=1S/C36H48N4O2/c1-3-11-33-29-23-30(34(33)12-4-1)26-38-16-8-20-42-22-10-18-40-28-32-24-31(35-13-5-2-6-14-36(32)35)27-39-17-9-21-41-19-7-15-37-25-29/h1-6,11-14,23-24,37-40H,7-10,15-22,25-28H2. The smallest absolute Gasteiger partial charge is 0.0478 e. The largest absolute Gasteiger partial charge is 0.381 e. The van der Waals surface area contributed by atoms with E-state index in [2.05, 4.69) is 94.1 Å². The van der Waals surface area contributed by atoms with Crippen LogP contribution in [0.4, 0.5) is 0 Å². The van der Waals surface area contributed by atoms with E-state index in [9.17, 15) is 0 Å². The van der Waals surface area contributed by atoms with Crippen molar-refractivity contribution in [3.05, 3.63) is 95.1 Å². The Hall–Kier alpha value is -2.84. The number of hydrogen-bond acceptors (Lipinski definition) is 6. The van der Waals surface area contributed by atoms with Crippen LogP contribution in [-0.2, 0) is 35.7 Å². The molecule has 5 aliphatic rings. The fraction of sp³-hybridized carbons (Fsp3) is 0.444. The quantitative estimate of drug-likeness (QED) is 0.223. The summed E-state index contributed by atoms with van der Waals surface area (Å²) in [5.74, 6) is 0. The summed E-state index contributed by atoms with van der Waals surface area (Å²) in [6, 6.07) is 26.5. The van der Waals surface area contributed by atoms with Gasteiger partial charge < -0.3 is 30.7 Å². The van der Waals surface area contributed by atoms with Crippen molar-refractivity contribution in [3.63, 3.8) is 0 Å². The first kappa shape index (κ1) is 30.6. The lowest BCUT2D eigenvalue weighted by atomic mass is 10.1. The van der Waals surface area contributed by atoms with Gasteiger partial charge >= 0.3 is 0 Å². The normalized spacial score (nSPS) is 18.3. The van der Waals surface area contributed by atoms with Gasteiger partial charge in [0.2, 0.25) is 0 Å². The van der Waals surface area contributed by atoms with Crippen LogP contribution in [0.2, 0.25) is 0 Å². The van der Waals surface area contributed by atoms with Gasteiger partial charge in [-0.1, -0.05) is 72.8 Å². The number of hydrogen-bond donors (Lipinski definition) is 4. The second-order valence-electron chi connectivity index (χ2n) is 11.2. The molecule has 0 aromatic heterocycles. The second kappa shape index (κ2) is 17.3. The maximum absolute atomic E-state index is 5.93. The zero-order valence-electron chi connectivity index (χ0n) is 25.1. The Kier molecular flexibility index (Phi) is 12.6. The minimum Gasteiger partial charge on any atom is -0.381 e. The maximum Gasteiger partial charge on any atom is 0.0478 e. The van der Waals surface area contributed by atoms with E-state index in [4.69, 9.17) is 9.47 Å². The summed E-state index contributed by atoms with van der Waals surface area (Å²) >= 11 is 0. The highest BCUT2D eigenvalue weighted by Crippen LogP contribution is 2.33. The van der Waals surface area contributed by atoms with Crippen LogP contribution in [-0.4, -0.2) is 52.6 Å². The molecule has 224 valence electrons. The van der Waals surface area contributed by atoms with Crippen LogP contribution in [0.25, 0.3) is 22.3 Å². The molecule has 0 fully saturated rings. The maximum atomic E-state index is 5.93. The van der Waals surface area contributed by atoms with Gasteiger partial charge in [-0.15, -0.1) is 0 Å². The molecule has 1 heterocycles. The first-order chi connectivity index (χ1) is 20.9. The third kappa shape index (κ3) is 9.08. The van der Waals surface area contributed by atoms with E-state index in [1.165, 1.54) is 44.5 Å². The Bertz CT molecular complexity index is 1090. The molecule has 4 N–H and O–H groups in total. The summed E-state index contributed by atoms with van der Waals surface area (Å²) < 4.78 is 11.9. The van der Waals surface area contributed by atoms with Crippen LogP contribution in [0.3, 0.4) is 0 Å². The molecule has 4 bridgehead atoms. The molecule has 4 aliphatic carbocycles. The monoisotopic (exact) mass is 568 g/mol. The lowest BCUT2D eigenvalue weighted by molar-refractivity contribution is 0.129. The van der Waals surface area contributed by atoms with Gasteiger partial charge in [0, 0.05) is 52.6 Å². The van der Waals surface area contributed by atoms with Gasteiger partial charge in [0.15, 0.2) is 0 Å². The van der Waals surface area contributed by atoms with Crippen LogP contribution < -0.4 is 21.3 Å². The van der Waals surface area contributed by atoms with Crippen molar-refractivity contribution < 1.29 is 9.47 Å². The number of fused-ring (bicyclic) bond motifs is 10. The van der Waals surface area contributed by atoms with E-state index in [1.54, 1.807) is 0 Å². The Morgan fingerprint density at radius 3 is 0.952 bits per heavy atom. The molecule has 0 aromatic rings. The summed E-state index contributed by atoms with van der Waals surface area (Å²) in [6.07, 6.45) is 4.07. The highest BCUT2D eigenvalue weighted by Gasteiger charge is 2.15. The van der Waals surface area contributed by atoms with Crippen molar-refractivity contribution in [3.8, 4) is 22.3 Å². The summed E-state index contributed by atoms with van der Waals surface area (Å²) in [5, 5.41) is 14.5. The second-order valence-corrected chi connectivity index (χ2v) is 11.2. The lowest BCUT2D eigenvalue weighted by Gasteiger charge is -2.08. The van der Waals surface area contributed by atoms with Crippen LogP contribution in [0, 0.1) is 0 Å². The average molecular weight is 569 g/mol. The number of ether oxygens (including phenoxy) is 2. The van der Waals surface area contributed by atoms with Crippen LogP contribution in [0.5, 0.6) is 0 Å². The molecule has 0 aromatic carbocycles. The predicted molar refractivity (Wildman–Crippen MR) is 173 cm³/mol. The SMILES string of the molecule is c1ccc2c3cc(c-2cc1)CNCCCOCCCNCc1cc(c2cccccc1-2)CNCCCOCCCNC3. The lowest BCUT2D eigenvalue weighted by Crippen LogP contribution is -2.18. The molecule has 6 nitrogen and oxygen atoms in total. The first-order valence-corrected chi connectivity index (χ1v) is 15.9. The first-order valence-electron chi connectivity index (χ1n) is 15.9. The summed E-state index contributed by atoms with van der Waals surface area (Å²) in [4.78, 5) is 0. The molecule has 0 amide bonds. The van der Waals surface area contributed by atoms with Crippen molar-refractivity contribution in [2.45, 2.75) is 51.9 Å². The highest BCUT2D eigenvalue weighted by atomic mass is 16.5. The molecule has 0 atom stereocenters. The molecular formula is C36H48N4O2. The molecule has 1 aliphatic heterocycles. The van der Waals surface area contributed by atoms with E-state index < -0.39 is 0 Å². The molecule has 0 saturated carbocycles. The van der Waals surface area contributed by atoms with Gasteiger partial charge in [-0.25, -0.2) is 0 Å². The van der Waals surface area contributed by atoms with Crippen LogP contribution in [0.15, 0.2) is 72.8 Å². The molecule has 5 rings (SSSR count). The van der Waals surface area contributed by atoms with Crippen LogP contribution in [0.1, 0.15) is 47.9 Å². The zero-order chi connectivity index (χ0) is 28.7. The molecular weight excluding hydrogens is 520 g/mol. The molecule has 0 radical (unpaired) electrons. The Balaban J connectivity index is 1.14. The Labute approximate surface area is 252 Å². The third-order valence-electron chi connectivity index (χ3n) is 7.99. The number of nitrogens with one attached hydrogen (secondary N) is 4. The fourth-order valence-electron chi connectivity index (χ4n) is 5.82. The highest BCUT2D eigenvalue weighted by molar-refractivity contribution is 5.75. The van der Waals surface area contributed by atoms with E-state index in [0.717, 1.165) is 104 Å². The Morgan fingerprint density at radius 2 is 0.667 bits per heavy atom. The third-order valence-corrected chi connectivity index (χ3v) is 7.99. The zero-order valence-corrected chi connectivity index (χ0v) is 25.1. The van der Waals surface area contributed by atoms with Crippen molar-refractivity contribution in [2.75, 3.05) is 52.6 Å². The van der Waals surface area contributed by atoms with Crippen molar-refractivity contribution in [2.24, 2.45) is 0 Å². The van der Waals surface area contributed by atoms with Crippen molar-refractivity contribution in [1.82, 2.24) is 21.3 Å². The van der Waals surface area contributed by atoms with Gasteiger partial charge in [0.05, 0.1) is 0 Å². The minimum atomic E-state index is 0.795. The van der Waals surface area contributed by atoms with Gasteiger partial charge in [-0.2, -0.15) is 0 Å². The Morgan fingerprint density at radius 1 is 0.381 bits per heavy atom. The summed E-state index contributed by atoms with van der Waals surface area (Å²) in [5.41, 5.74) is 10.8. The van der Waals surface area contributed by atoms with Crippen molar-refractivity contribution >= 4 is 0 Å². The predicted octanol–water partition coefficient (Wildman–Crippen LogP) is 5.56. The van der Waals surface area contributed by atoms with Gasteiger partial charge in [-0.05, 0) is 96.4 Å². The fourth-order valence-corrected chi connectivity index (χ4v) is 5.82. The molecule has 42 heavy (non-hydrogen) atoms. The van der Waals surface area contributed by atoms with Gasteiger partial charge in [0.25, 0.3) is 0 Å². The van der Waals surface area contributed by atoms with E-state index in [1.807, 2.05) is 0 Å². The van der Waals surface area contributed by atoms with E-state index in [-0.39, 0.29) is 0 Å². The molecule has 0 unspecified atom stereocenters. The van der Waals surface area contributed by atoms with E-state index in [0.29, 0.717) is 0 Å². The summed E-state index contributed by atoms with van der Waals surface area (Å²) in [7, 11) is 0. The average Bonchev–Trinajstić information content (AvgIpc) is 3.24. The number of rotatable bonds is 0. The van der Waals surface area contributed by atoms with Gasteiger partial charge in [0.1, 0.15) is 0 Å². The van der Waals surface area contributed by atoms with E-state index >= 15 is 0 Å².